The summed E-state index contributed by atoms with van der Waals surface area (Å²) in [4.78, 5) is 11.6. The number of rotatable bonds is 11. The summed E-state index contributed by atoms with van der Waals surface area (Å²) < 4.78 is 27.6. The van der Waals surface area contributed by atoms with Crippen molar-refractivity contribution in [3.8, 4) is 0 Å². The molecule has 0 aliphatic carbocycles. The maximum Gasteiger partial charge on any atom is 0.277 e. The first-order chi connectivity index (χ1) is 9.28. The lowest BCUT2D eigenvalue weighted by atomic mass is 10.3. The molecule has 0 fully saturated rings. The Balaban J connectivity index is 3.81. The molecule has 0 aromatic heterocycles. The van der Waals surface area contributed by atoms with Gasteiger partial charge in [-0.15, -0.1) is 0 Å². The summed E-state index contributed by atoms with van der Waals surface area (Å²) in [6.07, 6.45) is 0.702. The highest BCUT2D eigenvalue weighted by molar-refractivity contribution is 7.99. The lowest BCUT2D eigenvalue weighted by Crippen LogP contribution is -2.44. The maximum absolute atomic E-state index is 11.6. The molecule has 9 heteroatoms. The standard InChI is InChI=1S/C11H25N3O3S3/c1-4-19-8-5-10(18)11(15)12-6-7-13-20(16,17)14-9(2)3/h9-10,13-14,18H,4-8H2,1-3H3,(H,12,15). The van der Waals surface area contributed by atoms with Crippen LogP contribution in [0.2, 0.25) is 0 Å². The van der Waals surface area contributed by atoms with Crippen LogP contribution < -0.4 is 14.8 Å². The molecule has 1 unspecified atom stereocenters. The number of thioether (sulfide) groups is 1. The minimum atomic E-state index is -3.49. The van der Waals surface area contributed by atoms with E-state index in [4.69, 9.17) is 0 Å². The second kappa shape index (κ2) is 10.7. The van der Waals surface area contributed by atoms with Gasteiger partial charge in [0.05, 0.1) is 5.25 Å². The van der Waals surface area contributed by atoms with E-state index < -0.39 is 10.2 Å². The molecular weight excluding hydrogens is 318 g/mol. The summed E-state index contributed by atoms with van der Waals surface area (Å²) in [5.41, 5.74) is 0. The SMILES string of the molecule is CCSCCC(S)C(=O)NCCNS(=O)(=O)NC(C)C. The first-order valence-corrected chi connectivity index (χ1v) is 9.74. The number of amides is 1. The van der Waals surface area contributed by atoms with E-state index in [1.165, 1.54) is 0 Å². The van der Waals surface area contributed by atoms with Gasteiger partial charge in [0.1, 0.15) is 0 Å². The summed E-state index contributed by atoms with van der Waals surface area (Å²) in [6.45, 7) is 5.94. The van der Waals surface area contributed by atoms with Crippen molar-refractivity contribution in [2.75, 3.05) is 24.6 Å². The molecule has 6 nitrogen and oxygen atoms in total. The molecule has 0 bridgehead atoms. The second-order valence-electron chi connectivity index (χ2n) is 4.46. The van der Waals surface area contributed by atoms with Gasteiger partial charge in [0.2, 0.25) is 5.91 Å². The van der Waals surface area contributed by atoms with Crippen molar-refractivity contribution in [1.82, 2.24) is 14.8 Å². The number of hydrogen-bond acceptors (Lipinski definition) is 5. The van der Waals surface area contributed by atoms with Gasteiger partial charge < -0.3 is 5.32 Å². The summed E-state index contributed by atoms with van der Waals surface area (Å²) in [5, 5.41) is 2.31. The average molecular weight is 344 g/mol. The van der Waals surface area contributed by atoms with Crippen LogP contribution >= 0.6 is 24.4 Å². The van der Waals surface area contributed by atoms with Crippen LogP contribution in [0.5, 0.6) is 0 Å². The van der Waals surface area contributed by atoms with E-state index in [1.807, 2.05) is 0 Å². The smallest absolute Gasteiger partial charge is 0.277 e. The van der Waals surface area contributed by atoms with Crippen molar-refractivity contribution in [2.45, 2.75) is 38.5 Å². The van der Waals surface area contributed by atoms with Gasteiger partial charge in [0.15, 0.2) is 0 Å². The Morgan fingerprint density at radius 1 is 1.30 bits per heavy atom. The Labute approximate surface area is 131 Å². The topological polar surface area (TPSA) is 87.3 Å². The zero-order chi connectivity index (χ0) is 15.6. The molecule has 0 rings (SSSR count). The van der Waals surface area contributed by atoms with Gasteiger partial charge >= 0.3 is 0 Å². The molecule has 0 heterocycles. The fourth-order valence-corrected chi connectivity index (χ4v) is 3.47. The highest BCUT2D eigenvalue weighted by atomic mass is 32.2. The van der Waals surface area contributed by atoms with Crippen LogP contribution in [0, 0.1) is 0 Å². The van der Waals surface area contributed by atoms with Crippen molar-refractivity contribution in [1.29, 1.82) is 0 Å². The van der Waals surface area contributed by atoms with Crippen LogP contribution in [-0.2, 0) is 15.0 Å². The third kappa shape index (κ3) is 10.8. The number of carbonyl (C=O) groups excluding carboxylic acids is 1. The van der Waals surface area contributed by atoms with Gasteiger partial charge in [0.25, 0.3) is 10.2 Å². The van der Waals surface area contributed by atoms with Crippen molar-refractivity contribution in [3.05, 3.63) is 0 Å². The minimum absolute atomic E-state index is 0.151. The lowest BCUT2D eigenvalue weighted by molar-refractivity contribution is -0.120. The van der Waals surface area contributed by atoms with Crippen molar-refractivity contribution in [2.24, 2.45) is 0 Å². The van der Waals surface area contributed by atoms with Crippen LogP contribution in [-0.4, -0.2) is 50.2 Å². The van der Waals surface area contributed by atoms with Crippen LogP contribution in [0.1, 0.15) is 27.2 Å². The Morgan fingerprint density at radius 3 is 2.50 bits per heavy atom. The first-order valence-electron chi connectivity index (χ1n) is 6.59. The Morgan fingerprint density at radius 2 is 1.95 bits per heavy atom. The molecule has 0 spiro atoms. The Bertz CT molecular complexity index is 374. The summed E-state index contributed by atoms with van der Waals surface area (Å²) >= 11 is 5.99. The predicted octanol–water partition coefficient (Wildman–Crippen LogP) is 0.377. The van der Waals surface area contributed by atoms with Gasteiger partial charge in [-0.05, 0) is 31.8 Å². The molecule has 0 aliphatic rings. The van der Waals surface area contributed by atoms with Crippen molar-refractivity contribution in [3.63, 3.8) is 0 Å². The lowest BCUT2D eigenvalue weighted by Gasteiger charge is -2.13. The minimum Gasteiger partial charge on any atom is -0.354 e. The van der Waals surface area contributed by atoms with E-state index in [-0.39, 0.29) is 30.3 Å². The van der Waals surface area contributed by atoms with Gasteiger partial charge in [-0.2, -0.15) is 37.5 Å². The molecule has 0 saturated heterocycles. The molecule has 1 atom stereocenters. The van der Waals surface area contributed by atoms with Crippen molar-refractivity contribution < 1.29 is 13.2 Å². The zero-order valence-corrected chi connectivity index (χ0v) is 14.7. The number of hydrogen-bond donors (Lipinski definition) is 4. The molecule has 0 aromatic carbocycles. The van der Waals surface area contributed by atoms with Crippen LogP contribution in [0.25, 0.3) is 0 Å². The number of nitrogens with one attached hydrogen (secondary N) is 3. The zero-order valence-electron chi connectivity index (χ0n) is 12.2. The summed E-state index contributed by atoms with van der Waals surface area (Å²) in [5.74, 6) is 1.75. The highest BCUT2D eigenvalue weighted by Gasteiger charge is 2.14. The first kappa shape index (κ1) is 20.0. The number of carbonyl (C=O) groups is 1. The predicted molar refractivity (Wildman–Crippen MR) is 88.6 cm³/mol. The second-order valence-corrected chi connectivity index (χ2v) is 8.01. The van der Waals surface area contributed by atoms with E-state index >= 15 is 0 Å². The molecule has 0 aromatic rings. The van der Waals surface area contributed by atoms with Crippen LogP contribution in [0.4, 0.5) is 0 Å². The molecule has 20 heavy (non-hydrogen) atoms. The van der Waals surface area contributed by atoms with Gasteiger partial charge in [-0.3, -0.25) is 4.79 Å². The third-order valence-electron chi connectivity index (χ3n) is 2.15. The summed E-state index contributed by atoms with van der Waals surface area (Å²) in [7, 11) is -3.49. The van der Waals surface area contributed by atoms with E-state index in [2.05, 4.69) is 34.3 Å². The molecule has 0 aliphatic heterocycles. The maximum atomic E-state index is 11.6. The average Bonchev–Trinajstić information content (AvgIpc) is 2.33. The largest absolute Gasteiger partial charge is 0.354 e. The van der Waals surface area contributed by atoms with E-state index in [9.17, 15) is 13.2 Å². The normalized spacial score (nSPS) is 13.4. The molecular formula is C11H25N3O3S3. The monoisotopic (exact) mass is 343 g/mol. The summed E-state index contributed by atoms with van der Waals surface area (Å²) in [6, 6.07) is -0.167. The fourth-order valence-electron chi connectivity index (χ4n) is 1.31. The van der Waals surface area contributed by atoms with Gasteiger partial charge in [-0.1, -0.05) is 6.92 Å². The van der Waals surface area contributed by atoms with Crippen LogP contribution in [0.15, 0.2) is 0 Å². The Kier molecular flexibility index (Phi) is 10.7. The van der Waals surface area contributed by atoms with E-state index in [0.29, 0.717) is 6.42 Å². The number of thiol groups is 1. The van der Waals surface area contributed by atoms with E-state index in [0.717, 1.165) is 11.5 Å². The molecule has 0 saturated carbocycles. The highest BCUT2D eigenvalue weighted by Crippen LogP contribution is 2.08. The van der Waals surface area contributed by atoms with Crippen molar-refractivity contribution >= 4 is 40.5 Å². The quantitative estimate of drug-likeness (QED) is 0.323. The third-order valence-corrected chi connectivity index (χ3v) is 4.94. The van der Waals surface area contributed by atoms with Gasteiger partial charge in [0, 0.05) is 19.1 Å². The molecule has 120 valence electrons. The van der Waals surface area contributed by atoms with Gasteiger partial charge in [-0.25, -0.2) is 4.72 Å². The van der Waals surface area contributed by atoms with Crippen LogP contribution in [0.3, 0.4) is 0 Å². The van der Waals surface area contributed by atoms with E-state index in [1.54, 1.807) is 25.6 Å². The molecule has 0 radical (unpaired) electrons. The Hall–Kier alpha value is 0.0400. The fraction of sp³-hybridized carbons (Fsp3) is 0.909. The molecule has 1 amide bonds. The molecule has 3 N–H and O–H groups in total.